The van der Waals surface area contributed by atoms with E-state index < -0.39 is 11.2 Å². The molecular formula is C12H24ClNO2. The van der Waals surface area contributed by atoms with Gasteiger partial charge in [0.05, 0.1) is 11.2 Å². The Labute approximate surface area is 104 Å². The molecule has 0 saturated heterocycles. The minimum Gasteiger partial charge on any atom is -0.389 e. The first kappa shape index (κ1) is 14.2. The van der Waals surface area contributed by atoms with Gasteiger partial charge < -0.3 is 15.5 Å². The monoisotopic (exact) mass is 249 g/mol. The second kappa shape index (κ2) is 5.67. The first-order valence-corrected chi connectivity index (χ1v) is 6.28. The standard InChI is InChI=1S/C12H23NO2.ClH/c14-11(5-1-2-6-11)9-13-10-12(15)7-3-4-8-12;/h13-15H,1-10H2;1H. The third-order valence-corrected chi connectivity index (χ3v) is 3.98. The van der Waals surface area contributed by atoms with Gasteiger partial charge >= 0.3 is 0 Å². The number of hydrogen-bond donors (Lipinski definition) is 3. The molecule has 0 amide bonds. The van der Waals surface area contributed by atoms with E-state index in [0.29, 0.717) is 13.1 Å². The molecule has 2 aliphatic rings. The van der Waals surface area contributed by atoms with Gasteiger partial charge in [-0.25, -0.2) is 0 Å². The van der Waals surface area contributed by atoms with Crippen molar-refractivity contribution < 1.29 is 10.2 Å². The van der Waals surface area contributed by atoms with Crippen LogP contribution in [0.15, 0.2) is 0 Å². The summed E-state index contributed by atoms with van der Waals surface area (Å²) < 4.78 is 0. The van der Waals surface area contributed by atoms with E-state index in [2.05, 4.69) is 5.32 Å². The molecular weight excluding hydrogens is 226 g/mol. The normalized spacial score (nSPS) is 26.6. The van der Waals surface area contributed by atoms with E-state index in [-0.39, 0.29) is 12.4 Å². The summed E-state index contributed by atoms with van der Waals surface area (Å²) in [6, 6.07) is 0. The zero-order valence-corrected chi connectivity index (χ0v) is 10.7. The van der Waals surface area contributed by atoms with Gasteiger partial charge in [0.2, 0.25) is 0 Å². The molecule has 2 saturated carbocycles. The van der Waals surface area contributed by atoms with Crippen LogP contribution in [0.25, 0.3) is 0 Å². The molecule has 0 aromatic carbocycles. The van der Waals surface area contributed by atoms with Gasteiger partial charge in [-0.15, -0.1) is 12.4 Å². The average Bonchev–Trinajstić information content (AvgIpc) is 2.76. The van der Waals surface area contributed by atoms with Gasteiger partial charge in [-0.05, 0) is 25.7 Å². The van der Waals surface area contributed by atoms with Gasteiger partial charge in [-0.3, -0.25) is 0 Å². The van der Waals surface area contributed by atoms with Crippen molar-refractivity contribution in [2.75, 3.05) is 13.1 Å². The van der Waals surface area contributed by atoms with E-state index in [1.54, 1.807) is 0 Å². The summed E-state index contributed by atoms with van der Waals surface area (Å²) in [4.78, 5) is 0. The lowest BCUT2D eigenvalue weighted by Crippen LogP contribution is -2.45. The molecule has 2 rings (SSSR count). The molecule has 2 fully saturated rings. The van der Waals surface area contributed by atoms with Gasteiger partial charge in [0, 0.05) is 13.1 Å². The Bertz CT molecular complexity index is 189. The van der Waals surface area contributed by atoms with Crippen LogP contribution >= 0.6 is 12.4 Å². The van der Waals surface area contributed by atoms with Crippen LogP contribution in [-0.2, 0) is 0 Å². The van der Waals surface area contributed by atoms with Crippen LogP contribution in [0.4, 0.5) is 0 Å². The van der Waals surface area contributed by atoms with Crippen LogP contribution < -0.4 is 5.32 Å². The summed E-state index contributed by atoms with van der Waals surface area (Å²) >= 11 is 0. The smallest absolute Gasteiger partial charge is 0.0771 e. The molecule has 0 radical (unpaired) electrons. The molecule has 0 heterocycles. The highest BCUT2D eigenvalue weighted by molar-refractivity contribution is 5.85. The Balaban J connectivity index is 0.00000128. The van der Waals surface area contributed by atoms with E-state index in [9.17, 15) is 10.2 Å². The predicted octanol–water partition coefficient (Wildman–Crippen LogP) is 1.61. The van der Waals surface area contributed by atoms with Gasteiger partial charge in [0.15, 0.2) is 0 Å². The van der Waals surface area contributed by atoms with Gasteiger partial charge in [-0.2, -0.15) is 0 Å². The predicted molar refractivity (Wildman–Crippen MR) is 67.0 cm³/mol. The van der Waals surface area contributed by atoms with Crippen molar-refractivity contribution in [1.29, 1.82) is 0 Å². The molecule has 16 heavy (non-hydrogen) atoms. The molecule has 0 unspecified atom stereocenters. The van der Waals surface area contributed by atoms with E-state index in [1.807, 2.05) is 0 Å². The van der Waals surface area contributed by atoms with Crippen molar-refractivity contribution in [2.45, 2.75) is 62.6 Å². The van der Waals surface area contributed by atoms with Crippen molar-refractivity contribution in [3.8, 4) is 0 Å². The molecule has 96 valence electrons. The minimum atomic E-state index is -0.491. The van der Waals surface area contributed by atoms with Crippen LogP contribution in [0.1, 0.15) is 51.4 Å². The van der Waals surface area contributed by atoms with Crippen LogP contribution in [0.5, 0.6) is 0 Å². The van der Waals surface area contributed by atoms with Crippen molar-refractivity contribution in [1.82, 2.24) is 5.32 Å². The van der Waals surface area contributed by atoms with Crippen molar-refractivity contribution in [2.24, 2.45) is 0 Å². The molecule has 0 aromatic heterocycles. The Morgan fingerprint density at radius 2 is 1.06 bits per heavy atom. The van der Waals surface area contributed by atoms with Crippen LogP contribution in [0, 0.1) is 0 Å². The van der Waals surface area contributed by atoms with Gasteiger partial charge in [0.25, 0.3) is 0 Å². The summed E-state index contributed by atoms with van der Waals surface area (Å²) in [5, 5.41) is 23.5. The van der Waals surface area contributed by atoms with Crippen molar-refractivity contribution >= 4 is 12.4 Å². The lowest BCUT2D eigenvalue weighted by Gasteiger charge is -2.27. The maximum absolute atomic E-state index is 10.1. The molecule has 0 bridgehead atoms. The Morgan fingerprint density at radius 1 is 0.750 bits per heavy atom. The minimum absolute atomic E-state index is 0. The summed E-state index contributed by atoms with van der Waals surface area (Å²) in [5.74, 6) is 0. The van der Waals surface area contributed by atoms with Gasteiger partial charge in [-0.1, -0.05) is 25.7 Å². The Morgan fingerprint density at radius 3 is 1.38 bits per heavy atom. The highest BCUT2D eigenvalue weighted by Gasteiger charge is 2.34. The average molecular weight is 250 g/mol. The van der Waals surface area contributed by atoms with Crippen molar-refractivity contribution in [3.63, 3.8) is 0 Å². The molecule has 0 spiro atoms. The van der Waals surface area contributed by atoms with E-state index in [0.717, 1.165) is 51.4 Å². The topological polar surface area (TPSA) is 52.5 Å². The van der Waals surface area contributed by atoms with E-state index in [1.165, 1.54) is 0 Å². The van der Waals surface area contributed by atoms with Gasteiger partial charge in [0.1, 0.15) is 0 Å². The number of aliphatic hydroxyl groups is 2. The lowest BCUT2D eigenvalue weighted by molar-refractivity contribution is 0.0222. The SMILES string of the molecule is Cl.OC1(CNCC2(O)CCCC2)CCCC1. The molecule has 0 aromatic rings. The van der Waals surface area contributed by atoms with Crippen LogP contribution in [0.3, 0.4) is 0 Å². The number of nitrogens with one attached hydrogen (secondary N) is 1. The largest absolute Gasteiger partial charge is 0.389 e. The zero-order valence-electron chi connectivity index (χ0n) is 9.87. The van der Waals surface area contributed by atoms with Crippen molar-refractivity contribution in [3.05, 3.63) is 0 Å². The Kier molecular flexibility index (Phi) is 5.05. The molecule has 0 aliphatic heterocycles. The van der Waals surface area contributed by atoms with E-state index in [4.69, 9.17) is 0 Å². The third kappa shape index (κ3) is 3.59. The summed E-state index contributed by atoms with van der Waals surface area (Å²) in [5.41, 5.74) is -0.982. The highest BCUT2D eigenvalue weighted by Crippen LogP contribution is 2.30. The molecule has 3 N–H and O–H groups in total. The second-order valence-electron chi connectivity index (χ2n) is 5.47. The van der Waals surface area contributed by atoms with E-state index >= 15 is 0 Å². The molecule has 3 nitrogen and oxygen atoms in total. The fourth-order valence-corrected chi connectivity index (χ4v) is 2.95. The fourth-order valence-electron chi connectivity index (χ4n) is 2.95. The number of rotatable bonds is 4. The quantitative estimate of drug-likeness (QED) is 0.710. The maximum atomic E-state index is 10.1. The summed E-state index contributed by atoms with van der Waals surface area (Å²) in [6.45, 7) is 1.30. The Hall–Kier alpha value is 0.170. The number of halogens is 1. The first-order chi connectivity index (χ1) is 7.12. The molecule has 2 aliphatic carbocycles. The maximum Gasteiger partial charge on any atom is 0.0771 e. The lowest BCUT2D eigenvalue weighted by atomic mass is 10.00. The fraction of sp³-hybridized carbons (Fsp3) is 1.00. The third-order valence-electron chi connectivity index (χ3n) is 3.98. The summed E-state index contributed by atoms with van der Waals surface area (Å²) in [7, 11) is 0. The van der Waals surface area contributed by atoms with Crippen LogP contribution in [-0.4, -0.2) is 34.5 Å². The highest BCUT2D eigenvalue weighted by atomic mass is 35.5. The zero-order chi connectivity index (χ0) is 10.8. The van der Waals surface area contributed by atoms with Crippen LogP contribution in [0.2, 0.25) is 0 Å². The first-order valence-electron chi connectivity index (χ1n) is 6.28. The molecule has 0 atom stereocenters. The number of hydrogen-bond acceptors (Lipinski definition) is 3. The second-order valence-corrected chi connectivity index (χ2v) is 5.47. The molecule has 4 heteroatoms. The summed E-state index contributed by atoms with van der Waals surface area (Å²) in [6.07, 6.45) is 8.23.